The van der Waals surface area contributed by atoms with Crippen molar-refractivity contribution < 1.29 is 24.6 Å². The van der Waals surface area contributed by atoms with Crippen LogP contribution in [-0.4, -0.2) is 64.7 Å². The highest BCUT2D eigenvalue weighted by Gasteiger charge is 2.28. The number of thioether (sulfide) groups is 1. The number of carbonyl (C=O) groups is 3. The molecule has 0 aliphatic rings. The van der Waals surface area contributed by atoms with Gasteiger partial charge in [-0.1, -0.05) is 20.3 Å². The molecule has 0 aromatic carbocycles. The number of carboxylic acid groups (broad SMARTS) is 1. The Hall–Kier alpha value is -1.32. The summed E-state index contributed by atoms with van der Waals surface area (Å²) in [6, 6.07) is -3.09. The summed E-state index contributed by atoms with van der Waals surface area (Å²) >= 11 is 1.46. The maximum Gasteiger partial charge on any atom is 0.326 e. The van der Waals surface area contributed by atoms with E-state index in [9.17, 15) is 19.5 Å². The van der Waals surface area contributed by atoms with Crippen molar-refractivity contribution in [1.82, 2.24) is 10.6 Å². The summed E-state index contributed by atoms with van der Waals surface area (Å²) in [5.74, 6) is -1.97. The van der Waals surface area contributed by atoms with Gasteiger partial charge in [-0.2, -0.15) is 11.8 Å². The molecule has 0 aliphatic carbocycles. The Labute approximate surface area is 140 Å². The second-order valence-corrected chi connectivity index (χ2v) is 6.32. The first kappa shape index (κ1) is 21.7. The number of hydrogen-bond donors (Lipinski definition) is 5. The van der Waals surface area contributed by atoms with E-state index in [4.69, 9.17) is 10.8 Å². The molecule has 0 unspecified atom stereocenters. The van der Waals surface area contributed by atoms with Crippen LogP contribution in [0.1, 0.15) is 26.7 Å². The number of rotatable bonds is 11. The number of carbonyl (C=O) groups excluding carboxylic acids is 2. The van der Waals surface area contributed by atoms with Crippen LogP contribution in [0.5, 0.6) is 0 Å². The van der Waals surface area contributed by atoms with Crippen LogP contribution in [-0.2, 0) is 14.4 Å². The van der Waals surface area contributed by atoms with Gasteiger partial charge in [-0.05, 0) is 24.3 Å². The lowest BCUT2D eigenvalue weighted by molar-refractivity contribution is -0.142. The molecule has 2 amide bonds. The minimum atomic E-state index is -1.23. The van der Waals surface area contributed by atoms with Crippen molar-refractivity contribution in [2.75, 3.05) is 18.6 Å². The van der Waals surface area contributed by atoms with Crippen LogP contribution in [0, 0.1) is 5.92 Å². The summed E-state index contributed by atoms with van der Waals surface area (Å²) in [4.78, 5) is 35.1. The molecule has 0 aliphatic heterocycles. The number of carboxylic acids is 1. The van der Waals surface area contributed by atoms with Crippen LogP contribution >= 0.6 is 11.8 Å². The second-order valence-electron chi connectivity index (χ2n) is 5.34. The number of nitrogens with one attached hydrogen (secondary N) is 2. The summed E-state index contributed by atoms with van der Waals surface area (Å²) in [5, 5.41) is 23.0. The van der Waals surface area contributed by atoms with Crippen LogP contribution in [0.15, 0.2) is 0 Å². The van der Waals surface area contributed by atoms with E-state index < -0.39 is 42.5 Å². The maximum atomic E-state index is 12.1. The lowest BCUT2D eigenvalue weighted by Gasteiger charge is -2.23. The molecule has 8 nitrogen and oxygen atoms in total. The first-order valence-electron chi connectivity index (χ1n) is 7.47. The number of aliphatic hydroxyl groups excluding tert-OH is 1. The first-order valence-corrected chi connectivity index (χ1v) is 8.86. The molecule has 0 bridgehead atoms. The molecule has 0 spiro atoms. The van der Waals surface area contributed by atoms with Gasteiger partial charge in [0, 0.05) is 0 Å². The minimum absolute atomic E-state index is 0.0780. The van der Waals surface area contributed by atoms with Crippen molar-refractivity contribution in [3.8, 4) is 0 Å². The SMILES string of the molecule is CC[C@H](C)[C@H](N)C(=O)N[C@@H](CO)C(=O)N[C@@H](CCSC)C(=O)O. The fourth-order valence-electron chi connectivity index (χ4n) is 1.74. The fraction of sp³-hybridized carbons (Fsp3) is 0.786. The average Bonchev–Trinajstić information content (AvgIpc) is 2.53. The molecule has 0 saturated carbocycles. The molecule has 0 heterocycles. The van der Waals surface area contributed by atoms with Gasteiger partial charge in [-0.3, -0.25) is 9.59 Å². The Bertz CT molecular complexity index is 408. The van der Waals surface area contributed by atoms with Gasteiger partial charge >= 0.3 is 5.97 Å². The standard InChI is InChI=1S/C14H27N3O5S/c1-4-8(2)11(15)13(20)17-10(7-18)12(19)16-9(14(21)22)5-6-23-3/h8-11,18H,4-7,15H2,1-3H3,(H,16,19)(H,17,20)(H,21,22)/t8-,9-,10-,11-/m0/s1. The third-order valence-corrected chi connectivity index (χ3v) is 4.24. The summed E-state index contributed by atoms with van der Waals surface area (Å²) in [6.45, 7) is 3.05. The molecular weight excluding hydrogens is 322 g/mol. The van der Waals surface area contributed by atoms with Gasteiger partial charge in [-0.15, -0.1) is 0 Å². The Morgan fingerprint density at radius 2 is 1.74 bits per heavy atom. The highest BCUT2D eigenvalue weighted by molar-refractivity contribution is 7.98. The zero-order valence-corrected chi connectivity index (χ0v) is 14.6. The van der Waals surface area contributed by atoms with Gasteiger partial charge < -0.3 is 26.6 Å². The normalized spacial score (nSPS) is 16.0. The predicted molar refractivity (Wildman–Crippen MR) is 89.0 cm³/mol. The molecule has 0 fully saturated rings. The molecule has 6 N–H and O–H groups in total. The molecule has 0 radical (unpaired) electrons. The monoisotopic (exact) mass is 349 g/mol. The smallest absolute Gasteiger partial charge is 0.326 e. The van der Waals surface area contributed by atoms with Crippen molar-refractivity contribution in [3.63, 3.8) is 0 Å². The van der Waals surface area contributed by atoms with E-state index in [2.05, 4.69) is 10.6 Å². The van der Waals surface area contributed by atoms with E-state index in [0.29, 0.717) is 12.2 Å². The van der Waals surface area contributed by atoms with Crippen LogP contribution in [0.2, 0.25) is 0 Å². The Morgan fingerprint density at radius 1 is 1.17 bits per heavy atom. The Morgan fingerprint density at radius 3 is 2.17 bits per heavy atom. The van der Waals surface area contributed by atoms with E-state index in [0.717, 1.165) is 0 Å². The lowest BCUT2D eigenvalue weighted by Crippen LogP contribution is -2.56. The third kappa shape index (κ3) is 7.67. The van der Waals surface area contributed by atoms with Crippen LogP contribution in [0.25, 0.3) is 0 Å². The van der Waals surface area contributed by atoms with Crippen LogP contribution in [0.3, 0.4) is 0 Å². The maximum absolute atomic E-state index is 12.1. The topological polar surface area (TPSA) is 142 Å². The van der Waals surface area contributed by atoms with Crippen molar-refractivity contribution in [1.29, 1.82) is 0 Å². The Balaban J connectivity index is 4.72. The van der Waals surface area contributed by atoms with E-state index in [1.165, 1.54) is 11.8 Å². The van der Waals surface area contributed by atoms with Crippen LogP contribution in [0.4, 0.5) is 0 Å². The van der Waals surface area contributed by atoms with Gasteiger partial charge in [0.2, 0.25) is 11.8 Å². The molecule has 9 heteroatoms. The van der Waals surface area contributed by atoms with Gasteiger partial charge in [0.1, 0.15) is 12.1 Å². The summed E-state index contributed by atoms with van der Waals surface area (Å²) in [5.41, 5.74) is 5.77. The van der Waals surface area contributed by atoms with Crippen molar-refractivity contribution in [3.05, 3.63) is 0 Å². The van der Waals surface area contributed by atoms with E-state index in [1.807, 2.05) is 13.2 Å². The quantitative estimate of drug-likeness (QED) is 0.327. The van der Waals surface area contributed by atoms with Gasteiger partial charge in [-0.25, -0.2) is 4.79 Å². The third-order valence-electron chi connectivity index (χ3n) is 3.60. The van der Waals surface area contributed by atoms with Crippen LogP contribution < -0.4 is 16.4 Å². The zero-order valence-electron chi connectivity index (χ0n) is 13.7. The lowest BCUT2D eigenvalue weighted by atomic mass is 9.99. The molecule has 0 rings (SSSR count). The second kappa shape index (κ2) is 11.3. The highest BCUT2D eigenvalue weighted by Crippen LogP contribution is 2.06. The van der Waals surface area contributed by atoms with E-state index in [-0.39, 0.29) is 12.3 Å². The summed E-state index contributed by atoms with van der Waals surface area (Å²) in [7, 11) is 0. The predicted octanol–water partition coefficient (Wildman–Crippen LogP) is -0.841. The largest absolute Gasteiger partial charge is 0.480 e. The van der Waals surface area contributed by atoms with Crippen molar-refractivity contribution in [2.45, 2.75) is 44.8 Å². The van der Waals surface area contributed by atoms with E-state index >= 15 is 0 Å². The zero-order chi connectivity index (χ0) is 18.0. The van der Waals surface area contributed by atoms with E-state index in [1.54, 1.807) is 6.92 Å². The number of amides is 2. The fourth-order valence-corrected chi connectivity index (χ4v) is 2.21. The van der Waals surface area contributed by atoms with Gasteiger partial charge in [0.15, 0.2) is 0 Å². The van der Waals surface area contributed by atoms with Gasteiger partial charge in [0.25, 0.3) is 0 Å². The Kier molecular flexibility index (Phi) is 10.6. The van der Waals surface area contributed by atoms with Crippen molar-refractivity contribution >= 4 is 29.5 Å². The molecule has 134 valence electrons. The molecule has 23 heavy (non-hydrogen) atoms. The molecule has 0 aromatic rings. The molecule has 0 saturated heterocycles. The summed E-state index contributed by atoms with van der Waals surface area (Å²) in [6.07, 6.45) is 2.77. The first-order chi connectivity index (χ1) is 10.8. The highest BCUT2D eigenvalue weighted by atomic mass is 32.2. The molecule has 4 atom stereocenters. The van der Waals surface area contributed by atoms with Gasteiger partial charge in [0.05, 0.1) is 12.6 Å². The number of aliphatic carboxylic acids is 1. The minimum Gasteiger partial charge on any atom is -0.480 e. The van der Waals surface area contributed by atoms with Crippen molar-refractivity contribution in [2.24, 2.45) is 11.7 Å². The summed E-state index contributed by atoms with van der Waals surface area (Å²) < 4.78 is 0. The molecule has 0 aromatic heterocycles. The number of nitrogens with two attached hydrogens (primary N) is 1. The number of aliphatic hydroxyl groups is 1. The average molecular weight is 349 g/mol. The molecular formula is C14H27N3O5S. The number of hydrogen-bond acceptors (Lipinski definition) is 6.